The fourth-order valence-electron chi connectivity index (χ4n) is 2.70. The van der Waals surface area contributed by atoms with Crippen molar-refractivity contribution in [2.75, 3.05) is 10.6 Å². The van der Waals surface area contributed by atoms with E-state index in [0.717, 1.165) is 11.3 Å². The predicted octanol–water partition coefficient (Wildman–Crippen LogP) is 3.95. The number of fused-ring (bicyclic) bond motifs is 1. The van der Waals surface area contributed by atoms with Gasteiger partial charge in [0, 0.05) is 34.0 Å². The molecule has 0 bridgehead atoms. The highest BCUT2D eigenvalue weighted by molar-refractivity contribution is 6.35. The normalized spacial score (nSPS) is 10.9. The van der Waals surface area contributed by atoms with Crippen LogP contribution in [0.2, 0.25) is 10.0 Å². The second kappa shape index (κ2) is 7.92. The van der Waals surface area contributed by atoms with Crippen molar-refractivity contribution in [2.45, 2.75) is 13.1 Å². The van der Waals surface area contributed by atoms with Crippen molar-refractivity contribution in [1.82, 2.24) is 19.6 Å². The first-order chi connectivity index (χ1) is 13.6. The fraction of sp³-hybridized carbons (Fsp3) is 0.105. The summed E-state index contributed by atoms with van der Waals surface area (Å²) in [6.45, 7) is 0.870. The number of rotatable bonds is 6. The molecule has 0 atom stereocenters. The van der Waals surface area contributed by atoms with Gasteiger partial charge in [-0.05, 0) is 29.8 Å². The molecule has 2 heterocycles. The van der Waals surface area contributed by atoms with Crippen molar-refractivity contribution in [3.63, 3.8) is 0 Å². The molecular formula is C19H16Cl2N6O. The van der Waals surface area contributed by atoms with Gasteiger partial charge >= 0.3 is 0 Å². The number of benzene rings is 2. The van der Waals surface area contributed by atoms with Crippen LogP contribution >= 0.6 is 23.2 Å². The molecule has 7 nitrogen and oxygen atoms in total. The van der Waals surface area contributed by atoms with Crippen molar-refractivity contribution in [3.05, 3.63) is 86.3 Å². The smallest absolute Gasteiger partial charge is 0.276 e. The van der Waals surface area contributed by atoms with Gasteiger partial charge in [0.25, 0.3) is 5.56 Å². The van der Waals surface area contributed by atoms with Gasteiger partial charge in [-0.25, -0.2) is 0 Å². The minimum absolute atomic E-state index is 0.260. The first-order valence-electron chi connectivity index (χ1n) is 8.54. The number of nitrogens with one attached hydrogen (secondary N) is 3. The van der Waals surface area contributed by atoms with Crippen LogP contribution in [0.15, 0.2) is 59.4 Å². The minimum atomic E-state index is -0.260. The molecule has 28 heavy (non-hydrogen) atoms. The van der Waals surface area contributed by atoms with E-state index in [1.807, 2.05) is 36.4 Å². The average Bonchev–Trinajstić information content (AvgIpc) is 3.10. The highest BCUT2D eigenvalue weighted by Crippen LogP contribution is 2.21. The SMILES string of the molecule is O=c1cc(CNc2ccccc2)[nH]c2nc(NCc3ccc(Cl)cc3Cl)nn12. The zero-order valence-corrected chi connectivity index (χ0v) is 16.1. The molecule has 142 valence electrons. The Bertz CT molecular complexity index is 1170. The Morgan fingerprint density at radius 2 is 1.82 bits per heavy atom. The van der Waals surface area contributed by atoms with E-state index in [-0.39, 0.29) is 5.56 Å². The van der Waals surface area contributed by atoms with Gasteiger partial charge in [0.05, 0.1) is 6.54 Å². The molecular weight excluding hydrogens is 399 g/mol. The van der Waals surface area contributed by atoms with Crippen molar-refractivity contribution < 1.29 is 0 Å². The maximum Gasteiger partial charge on any atom is 0.276 e. The number of nitrogens with zero attached hydrogens (tertiary/aromatic N) is 3. The van der Waals surface area contributed by atoms with Crippen LogP contribution in [0.1, 0.15) is 11.3 Å². The molecule has 4 rings (SSSR count). The maximum absolute atomic E-state index is 12.3. The first-order valence-corrected chi connectivity index (χ1v) is 9.30. The van der Waals surface area contributed by atoms with Crippen LogP contribution in [0.4, 0.5) is 11.6 Å². The van der Waals surface area contributed by atoms with E-state index in [9.17, 15) is 4.79 Å². The predicted molar refractivity (Wildman–Crippen MR) is 111 cm³/mol. The summed E-state index contributed by atoms with van der Waals surface area (Å²) in [6.07, 6.45) is 0. The van der Waals surface area contributed by atoms with E-state index < -0.39 is 0 Å². The monoisotopic (exact) mass is 414 g/mol. The molecule has 0 amide bonds. The van der Waals surface area contributed by atoms with Gasteiger partial charge in [0.1, 0.15) is 0 Å². The Kier molecular flexibility index (Phi) is 5.18. The Morgan fingerprint density at radius 3 is 2.61 bits per heavy atom. The van der Waals surface area contributed by atoms with Crippen LogP contribution in [-0.2, 0) is 13.1 Å². The highest BCUT2D eigenvalue weighted by Gasteiger charge is 2.09. The van der Waals surface area contributed by atoms with Gasteiger partial charge in [0.15, 0.2) is 0 Å². The molecule has 0 radical (unpaired) electrons. The summed E-state index contributed by atoms with van der Waals surface area (Å²) >= 11 is 12.1. The standard InChI is InChI=1S/C19H16Cl2N6O/c20-13-7-6-12(16(21)8-13)10-23-18-25-19-24-15(9-17(28)27(19)26-18)11-22-14-4-2-1-3-5-14/h1-9,22H,10-11H2,(H2,23,24,25,26). The summed E-state index contributed by atoms with van der Waals surface area (Å²) in [4.78, 5) is 19.8. The zero-order chi connectivity index (χ0) is 19.5. The van der Waals surface area contributed by atoms with E-state index >= 15 is 0 Å². The number of anilines is 2. The van der Waals surface area contributed by atoms with E-state index in [0.29, 0.717) is 40.6 Å². The van der Waals surface area contributed by atoms with Crippen LogP contribution in [-0.4, -0.2) is 19.6 Å². The number of aromatic nitrogens is 4. The van der Waals surface area contributed by atoms with E-state index in [4.69, 9.17) is 23.2 Å². The Balaban J connectivity index is 1.50. The second-order valence-corrected chi connectivity index (χ2v) is 6.96. The highest BCUT2D eigenvalue weighted by atomic mass is 35.5. The topological polar surface area (TPSA) is 87.1 Å². The van der Waals surface area contributed by atoms with Gasteiger partial charge < -0.3 is 15.6 Å². The molecule has 0 aliphatic carbocycles. The van der Waals surface area contributed by atoms with Gasteiger partial charge in [-0.2, -0.15) is 9.50 Å². The van der Waals surface area contributed by atoms with Crippen LogP contribution in [0.3, 0.4) is 0 Å². The summed E-state index contributed by atoms with van der Waals surface area (Å²) in [7, 11) is 0. The Hall–Kier alpha value is -3.03. The van der Waals surface area contributed by atoms with Gasteiger partial charge in [-0.1, -0.05) is 47.5 Å². The summed E-state index contributed by atoms with van der Waals surface area (Å²) in [6, 6.07) is 16.5. The molecule has 0 saturated carbocycles. The third-order valence-electron chi connectivity index (χ3n) is 4.09. The van der Waals surface area contributed by atoms with Crippen molar-refractivity contribution in [2.24, 2.45) is 0 Å². The molecule has 0 unspecified atom stereocenters. The van der Waals surface area contributed by atoms with Crippen LogP contribution in [0, 0.1) is 0 Å². The molecule has 4 aromatic rings. The molecule has 2 aromatic heterocycles. The largest absolute Gasteiger partial charge is 0.379 e. The van der Waals surface area contributed by atoms with Crippen LogP contribution in [0.25, 0.3) is 5.78 Å². The summed E-state index contributed by atoms with van der Waals surface area (Å²) in [5.74, 6) is 0.689. The van der Waals surface area contributed by atoms with Gasteiger partial charge in [-0.3, -0.25) is 4.79 Å². The molecule has 3 N–H and O–H groups in total. The van der Waals surface area contributed by atoms with Crippen molar-refractivity contribution in [3.8, 4) is 0 Å². The molecule has 0 spiro atoms. The molecule has 0 aliphatic rings. The Labute approximate surface area is 170 Å². The molecule has 9 heteroatoms. The quantitative estimate of drug-likeness (QED) is 0.444. The minimum Gasteiger partial charge on any atom is -0.379 e. The second-order valence-electron chi connectivity index (χ2n) is 6.11. The molecule has 0 aliphatic heterocycles. The van der Waals surface area contributed by atoms with E-state index in [1.54, 1.807) is 12.1 Å². The van der Waals surface area contributed by atoms with Crippen LogP contribution in [0.5, 0.6) is 0 Å². The molecule has 2 aromatic carbocycles. The summed E-state index contributed by atoms with van der Waals surface area (Å²) in [5, 5.41) is 11.6. The first kappa shape index (κ1) is 18.3. The number of halogens is 2. The van der Waals surface area contributed by atoms with E-state index in [1.165, 1.54) is 10.6 Å². The van der Waals surface area contributed by atoms with Gasteiger partial charge in [-0.15, -0.1) is 5.10 Å². The number of para-hydroxylation sites is 1. The number of hydrogen-bond acceptors (Lipinski definition) is 5. The zero-order valence-electron chi connectivity index (χ0n) is 14.6. The average molecular weight is 415 g/mol. The third kappa shape index (κ3) is 4.11. The lowest BCUT2D eigenvalue weighted by Crippen LogP contribution is -2.17. The third-order valence-corrected chi connectivity index (χ3v) is 4.68. The lowest BCUT2D eigenvalue weighted by molar-refractivity contribution is 0.874. The number of H-pyrrole nitrogens is 1. The maximum atomic E-state index is 12.3. The Morgan fingerprint density at radius 1 is 1.00 bits per heavy atom. The van der Waals surface area contributed by atoms with Crippen LogP contribution < -0.4 is 16.2 Å². The van der Waals surface area contributed by atoms with Gasteiger partial charge in [0.2, 0.25) is 11.7 Å². The molecule has 0 saturated heterocycles. The van der Waals surface area contributed by atoms with Crippen molar-refractivity contribution in [1.29, 1.82) is 0 Å². The lowest BCUT2D eigenvalue weighted by Gasteiger charge is -2.06. The fourth-order valence-corrected chi connectivity index (χ4v) is 3.17. The van der Waals surface area contributed by atoms with Crippen molar-refractivity contribution >= 4 is 40.6 Å². The number of hydrogen-bond donors (Lipinski definition) is 3. The van der Waals surface area contributed by atoms with E-state index in [2.05, 4.69) is 25.7 Å². The summed E-state index contributed by atoms with van der Waals surface area (Å²) < 4.78 is 1.22. The summed E-state index contributed by atoms with van der Waals surface area (Å²) in [5.41, 5.74) is 2.26. The molecule has 0 fully saturated rings. The number of aromatic amines is 1. The lowest BCUT2D eigenvalue weighted by atomic mass is 10.2.